The molecule has 0 bridgehead atoms. The number of ether oxygens (including phenoxy) is 3. The van der Waals surface area contributed by atoms with Crippen molar-refractivity contribution in [3.8, 4) is 0 Å². The van der Waals surface area contributed by atoms with Crippen LogP contribution in [0.2, 0.25) is 5.02 Å². The summed E-state index contributed by atoms with van der Waals surface area (Å²) in [4.78, 5) is 4.36. The molecule has 0 spiro atoms. The Morgan fingerprint density at radius 1 is 1.21 bits per heavy atom. The van der Waals surface area contributed by atoms with Crippen LogP contribution < -0.4 is 10.6 Å². The van der Waals surface area contributed by atoms with Gasteiger partial charge in [0.25, 0.3) is 0 Å². The van der Waals surface area contributed by atoms with E-state index in [-0.39, 0.29) is 11.5 Å². The van der Waals surface area contributed by atoms with E-state index in [1.54, 1.807) is 7.05 Å². The summed E-state index contributed by atoms with van der Waals surface area (Å²) in [6, 6.07) is 8.14. The number of nitrogens with one attached hydrogen (secondary N) is 2. The van der Waals surface area contributed by atoms with Crippen molar-refractivity contribution in [2.75, 3.05) is 53.2 Å². The van der Waals surface area contributed by atoms with Crippen LogP contribution in [0.3, 0.4) is 0 Å². The molecule has 1 unspecified atom stereocenters. The van der Waals surface area contributed by atoms with Gasteiger partial charge in [0, 0.05) is 57.0 Å². The molecule has 0 aromatic heterocycles. The van der Waals surface area contributed by atoms with Crippen molar-refractivity contribution in [3.63, 3.8) is 0 Å². The smallest absolute Gasteiger partial charge is 0.191 e. The molecular formula is C21H32ClN3O3. The lowest BCUT2D eigenvalue weighted by Crippen LogP contribution is -2.48. The summed E-state index contributed by atoms with van der Waals surface area (Å²) in [5, 5.41) is 7.70. The molecule has 7 heteroatoms. The van der Waals surface area contributed by atoms with Gasteiger partial charge in [-0.2, -0.15) is 0 Å². The minimum Gasteiger partial charge on any atom is -0.381 e. The Morgan fingerprint density at radius 2 is 2.04 bits per heavy atom. The van der Waals surface area contributed by atoms with Crippen LogP contribution in [-0.2, 0) is 19.6 Å². The van der Waals surface area contributed by atoms with Gasteiger partial charge in [0.15, 0.2) is 5.96 Å². The lowest BCUT2D eigenvalue weighted by Gasteiger charge is -2.38. The Hall–Kier alpha value is -1.34. The number of guanidine groups is 1. The predicted octanol–water partition coefficient (Wildman–Crippen LogP) is 2.75. The number of hydrogen-bond acceptors (Lipinski definition) is 4. The average molecular weight is 410 g/mol. The Labute approximate surface area is 173 Å². The van der Waals surface area contributed by atoms with E-state index in [4.69, 9.17) is 25.8 Å². The SMILES string of the molecule is CN=C(NCCCOC1CCOC1)NCC1(c2ccccc2Cl)CCOCC1. The van der Waals surface area contributed by atoms with Gasteiger partial charge in [0.05, 0.1) is 12.7 Å². The van der Waals surface area contributed by atoms with Gasteiger partial charge in [-0.15, -0.1) is 0 Å². The molecular weight excluding hydrogens is 378 g/mol. The lowest BCUT2D eigenvalue weighted by molar-refractivity contribution is 0.0419. The number of hydrogen-bond donors (Lipinski definition) is 2. The zero-order valence-corrected chi connectivity index (χ0v) is 17.5. The lowest BCUT2D eigenvalue weighted by atomic mass is 9.74. The largest absolute Gasteiger partial charge is 0.381 e. The van der Waals surface area contributed by atoms with Crippen LogP contribution in [0, 0.1) is 0 Å². The van der Waals surface area contributed by atoms with E-state index in [9.17, 15) is 0 Å². The summed E-state index contributed by atoms with van der Waals surface area (Å²) in [6.45, 7) is 5.37. The molecule has 2 heterocycles. The molecule has 1 aromatic rings. The van der Waals surface area contributed by atoms with Crippen molar-refractivity contribution in [3.05, 3.63) is 34.9 Å². The monoisotopic (exact) mass is 409 g/mol. The molecule has 0 saturated carbocycles. The van der Waals surface area contributed by atoms with E-state index in [0.717, 1.165) is 82.8 Å². The minimum atomic E-state index is -0.0419. The average Bonchev–Trinajstić information content (AvgIpc) is 3.24. The third-order valence-electron chi connectivity index (χ3n) is 5.57. The fraction of sp³-hybridized carbons (Fsp3) is 0.667. The zero-order chi connectivity index (χ0) is 19.7. The molecule has 1 atom stereocenters. The van der Waals surface area contributed by atoms with Gasteiger partial charge in [-0.25, -0.2) is 0 Å². The second-order valence-electron chi connectivity index (χ2n) is 7.44. The van der Waals surface area contributed by atoms with Crippen LogP contribution in [0.15, 0.2) is 29.3 Å². The van der Waals surface area contributed by atoms with Crippen LogP contribution >= 0.6 is 11.6 Å². The second-order valence-corrected chi connectivity index (χ2v) is 7.84. The maximum atomic E-state index is 6.53. The first kappa shape index (κ1) is 21.4. The van der Waals surface area contributed by atoms with E-state index < -0.39 is 0 Å². The van der Waals surface area contributed by atoms with Gasteiger partial charge in [0.2, 0.25) is 0 Å². The van der Waals surface area contributed by atoms with E-state index >= 15 is 0 Å². The summed E-state index contributed by atoms with van der Waals surface area (Å²) in [5.74, 6) is 0.808. The van der Waals surface area contributed by atoms with Crippen molar-refractivity contribution in [2.24, 2.45) is 4.99 Å². The molecule has 0 radical (unpaired) electrons. The van der Waals surface area contributed by atoms with E-state index in [0.29, 0.717) is 0 Å². The van der Waals surface area contributed by atoms with Gasteiger partial charge in [-0.1, -0.05) is 29.8 Å². The standard InChI is InChI=1S/C21H32ClN3O3/c1-23-20(24-10-4-11-28-17-7-12-27-15-17)25-16-21(8-13-26-14-9-21)18-5-2-3-6-19(18)22/h2-3,5-6,17H,4,7-16H2,1H3,(H2,23,24,25). The normalized spacial score (nSPS) is 22.2. The molecule has 156 valence electrons. The van der Waals surface area contributed by atoms with Gasteiger partial charge >= 0.3 is 0 Å². The van der Waals surface area contributed by atoms with Gasteiger partial charge < -0.3 is 24.8 Å². The molecule has 0 aliphatic carbocycles. The third kappa shape index (κ3) is 5.83. The second kappa shape index (κ2) is 11.0. The molecule has 2 N–H and O–H groups in total. The van der Waals surface area contributed by atoms with Crippen molar-refractivity contribution in [1.82, 2.24) is 10.6 Å². The zero-order valence-electron chi connectivity index (χ0n) is 16.7. The molecule has 6 nitrogen and oxygen atoms in total. The van der Waals surface area contributed by atoms with Crippen LogP contribution in [0.25, 0.3) is 0 Å². The first-order valence-corrected chi connectivity index (χ1v) is 10.6. The van der Waals surface area contributed by atoms with Crippen LogP contribution in [0.5, 0.6) is 0 Å². The highest BCUT2D eigenvalue weighted by atomic mass is 35.5. The Balaban J connectivity index is 1.48. The Morgan fingerprint density at radius 3 is 2.75 bits per heavy atom. The quantitative estimate of drug-likeness (QED) is 0.392. The number of nitrogens with zero attached hydrogens (tertiary/aromatic N) is 1. The number of aliphatic imine (C=N–C) groups is 1. The summed E-state index contributed by atoms with van der Waals surface area (Å²) in [7, 11) is 1.80. The van der Waals surface area contributed by atoms with E-state index in [1.807, 2.05) is 12.1 Å². The first-order valence-electron chi connectivity index (χ1n) is 10.2. The first-order chi connectivity index (χ1) is 13.7. The highest BCUT2D eigenvalue weighted by Crippen LogP contribution is 2.38. The van der Waals surface area contributed by atoms with Crippen molar-refractivity contribution in [1.29, 1.82) is 0 Å². The summed E-state index contributed by atoms with van der Waals surface area (Å²) in [6.07, 6.45) is 4.09. The van der Waals surface area contributed by atoms with Gasteiger partial charge in [0.1, 0.15) is 0 Å². The molecule has 3 rings (SSSR count). The fourth-order valence-electron chi connectivity index (χ4n) is 3.84. The molecule has 2 fully saturated rings. The predicted molar refractivity (Wildman–Crippen MR) is 112 cm³/mol. The number of rotatable bonds is 8. The van der Waals surface area contributed by atoms with Gasteiger partial charge in [-0.05, 0) is 37.3 Å². The van der Waals surface area contributed by atoms with Crippen molar-refractivity contribution >= 4 is 17.6 Å². The van der Waals surface area contributed by atoms with Crippen molar-refractivity contribution in [2.45, 2.75) is 37.2 Å². The highest BCUT2D eigenvalue weighted by Gasteiger charge is 2.36. The highest BCUT2D eigenvalue weighted by molar-refractivity contribution is 6.31. The summed E-state index contributed by atoms with van der Waals surface area (Å²) in [5.41, 5.74) is 1.15. The Kier molecular flexibility index (Phi) is 8.40. The van der Waals surface area contributed by atoms with Gasteiger partial charge in [-0.3, -0.25) is 4.99 Å². The minimum absolute atomic E-state index is 0.0419. The maximum Gasteiger partial charge on any atom is 0.191 e. The number of halogens is 1. The fourth-order valence-corrected chi connectivity index (χ4v) is 4.18. The van der Waals surface area contributed by atoms with Crippen molar-refractivity contribution < 1.29 is 14.2 Å². The molecule has 28 heavy (non-hydrogen) atoms. The summed E-state index contributed by atoms with van der Waals surface area (Å²) >= 11 is 6.53. The Bertz CT molecular complexity index is 629. The molecule has 0 amide bonds. The van der Waals surface area contributed by atoms with Crippen LogP contribution in [0.1, 0.15) is 31.2 Å². The summed E-state index contributed by atoms with van der Waals surface area (Å²) < 4.78 is 16.7. The van der Waals surface area contributed by atoms with Crippen LogP contribution in [-0.4, -0.2) is 65.2 Å². The molecule has 1 aromatic carbocycles. The third-order valence-corrected chi connectivity index (χ3v) is 5.90. The number of benzene rings is 1. The topological polar surface area (TPSA) is 64.1 Å². The van der Waals surface area contributed by atoms with E-state index in [1.165, 1.54) is 5.56 Å². The maximum absolute atomic E-state index is 6.53. The van der Waals surface area contributed by atoms with Crippen LogP contribution in [0.4, 0.5) is 0 Å². The molecule has 2 saturated heterocycles. The molecule has 2 aliphatic rings. The molecule has 2 aliphatic heterocycles. The van der Waals surface area contributed by atoms with E-state index in [2.05, 4.69) is 27.8 Å².